The first-order valence-electron chi connectivity index (χ1n) is 10.1. The minimum atomic E-state index is -0.0293. The first kappa shape index (κ1) is 19.3. The Balaban J connectivity index is 1.43. The molecule has 0 radical (unpaired) electrons. The molecule has 0 saturated heterocycles. The summed E-state index contributed by atoms with van der Waals surface area (Å²) in [6.45, 7) is 1.47. The molecule has 0 bridgehead atoms. The summed E-state index contributed by atoms with van der Waals surface area (Å²) < 4.78 is 11.0. The van der Waals surface area contributed by atoms with Gasteiger partial charge in [0.1, 0.15) is 18.1 Å². The van der Waals surface area contributed by atoms with Crippen molar-refractivity contribution in [2.75, 3.05) is 20.3 Å². The van der Waals surface area contributed by atoms with E-state index in [1.54, 1.807) is 36.3 Å². The molecule has 2 aromatic rings. The highest BCUT2D eigenvalue weighted by Gasteiger charge is 2.23. The summed E-state index contributed by atoms with van der Waals surface area (Å²) in [7, 11) is 1.60. The lowest BCUT2D eigenvalue weighted by Gasteiger charge is -2.20. The van der Waals surface area contributed by atoms with Crippen molar-refractivity contribution in [1.82, 2.24) is 10.2 Å². The minimum Gasteiger partial charge on any atom is -0.497 e. The van der Waals surface area contributed by atoms with Gasteiger partial charge in [-0.3, -0.25) is 9.59 Å². The molecule has 1 aliphatic heterocycles. The third-order valence-electron chi connectivity index (χ3n) is 5.31. The maximum absolute atomic E-state index is 12.9. The Kier molecular flexibility index (Phi) is 5.69. The standard InChI is InChI=1S/C23H26N2O4/c1-28-20-8-4-17(5-9-20)23(27)25-12-13-29-21-10-2-16(14-18(21)15-25)3-11-22(26)24-19-6-7-19/h2,4-5,8-10,14,19H,3,6-7,11-13,15H2,1H3,(H,24,26). The first-order chi connectivity index (χ1) is 14.1. The van der Waals surface area contributed by atoms with Crippen molar-refractivity contribution < 1.29 is 19.1 Å². The molecule has 0 spiro atoms. The van der Waals surface area contributed by atoms with Crippen molar-refractivity contribution in [3.8, 4) is 11.5 Å². The molecular weight excluding hydrogens is 368 g/mol. The van der Waals surface area contributed by atoms with E-state index in [1.165, 1.54) is 0 Å². The Morgan fingerprint density at radius 1 is 1.17 bits per heavy atom. The Labute approximate surface area is 170 Å². The number of benzene rings is 2. The molecule has 0 atom stereocenters. The summed E-state index contributed by atoms with van der Waals surface area (Å²) in [5.74, 6) is 1.61. The van der Waals surface area contributed by atoms with Crippen molar-refractivity contribution in [2.24, 2.45) is 0 Å². The zero-order valence-electron chi connectivity index (χ0n) is 16.6. The van der Waals surface area contributed by atoms with Gasteiger partial charge in [-0.15, -0.1) is 0 Å². The van der Waals surface area contributed by atoms with Gasteiger partial charge in [-0.05, 0) is 55.2 Å². The number of rotatable bonds is 6. The number of nitrogens with zero attached hydrogens (tertiary/aromatic N) is 1. The van der Waals surface area contributed by atoms with Gasteiger partial charge in [0, 0.05) is 30.1 Å². The molecule has 1 aliphatic carbocycles. The number of hydrogen-bond acceptors (Lipinski definition) is 4. The lowest BCUT2D eigenvalue weighted by molar-refractivity contribution is -0.121. The van der Waals surface area contributed by atoms with Gasteiger partial charge < -0.3 is 19.7 Å². The molecule has 1 heterocycles. The zero-order chi connectivity index (χ0) is 20.2. The van der Waals surface area contributed by atoms with E-state index < -0.39 is 0 Å². The predicted molar refractivity (Wildman–Crippen MR) is 109 cm³/mol. The van der Waals surface area contributed by atoms with Gasteiger partial charge in [-0.2, -0.15) is 0 Å². The molecule has 1 N–H and O–H groups in total. The van der Waals surface area contributed by atoms with Crippen molar-refractivity contribution in [3.63, 3.8) is 0 Å². The Hall–Kier alpha value is -3.02. The molecular formula is C23H26N2O4. The second-order valence-corrected chi connectivity index (χ2v) is 7.59. The second kappa shape index (κ2) is 8.55. The van der Waals surface area contributed by atoms with E-state index in [-0.39, 0.29) is 11.8 Å². The molecule has 1 fully saturated rings. The maximum Gasteiger partial charge on any atom is 0.254 e. The van der Waals surface area contributed by atoms with Gasteiger partial charge in [0.05, 0.1) is 13.7 Å². The van der Waals surface area contributed by atoms with Crippen LogP contribution in [-0.2, 0) is 17.8 Å². The molecule has 29 heavy (non-hydrogen) atoms. The topological polar surface area (TPSA) is 67.9 Å². The van der Waals surface area contributed by atoms with Crippen LogP contribution in [0.15, 0.2) is 42.5 Å². The lowest BCUT2D eigenvalue weighted by Crippen LogP contribution is -2.32. The first-order valence-corrected chi connectivity index (χ1v) is 10.1. The summed E-state index contributed by atoms with van der Waals surface area (Å²) >= 11 is 0. The van der Waals surface area contributed by atoms with Gasteiger partial charge in [0.15, 0.2) is 0 Å². The van der Waals surface area contributed by atoms with E-state index in [9.17, 15) is 9.59 Å². The average Bonchev–Trinajstić information content (AvgIpc) is 3.57. The number of fused-ring (bicyclic) bond motifs is 1. The maximum atomic E-state index is 12.9. The largest absolute Gasteiger partial charge is 0.497 e. The van der Waals surface area contributed by atoms with Crippen molar-refractivity contribution in [1.29, 1.82) is 0 Å². The van der Waals surface area contributed by atoms with Crippen LogP contribution >= 0.6 is 0 Å². The molecule has 6 heteroatoms. The van der Waals surface area contributed by atoms with Gasteiger partial charge >= 0.3 is 0 Å². The average molecular weight is 394 g/mol. The molecule has 2 aliphatic rings. The van der Waals surface area contributed by atoms with Crippen molar-refractivity contribution in [2.45, 2.75) is 38.3 Å². The fourth-order valence-electron chi connectivity index (χ4n) is 3.48. The van der Waals surface area contributed by atoms with Crippen LogP contribution in [0.1, 0.15) is 40.7 Å². The summed E-state index contributed by atoms with van der Waals surface area (Å²) in [6, 6.07) is 13.5. The number of ether oxygens (including phenoxy) is 2. The third kappa shape index (κ3) is 4.88. The second-order valence-electron chi connectivity index (χ2n) is 7.59. The molecule has 1 saturated carbocycles. The fraction of sp³-hybridized carbons (Fsp3) is 0.391. The molecule has 2 aromatic carbocycles. The van der Waals surface area contributed by atoms with E-state index >= 15 is 0 Å². The number of carbonyl (C=O) groups excluding carboxylic acids is 2. The van der Waals surface area contributed by atoms with Gasteiger partial charge in [0.25, 0.3) is 5.91 Å². The van der Waals surface area contributed by atoms with E-state index in [0.29, 0.717) is 44.1 Å². The molecule has 4 rings (SSSR count). The molecule has 6 nitrogen and oxygen atoms in total. The molecule has 0 unspecified atom stereocenters. The van der Waals surface area contributed by atoms with Crippen molar-refractivity contribution >= 4 is 11.8 Å². The monoisotopic (exact) mass is 394 g/mol. The van der Waals surface area contributed by atoms with Gasteiger partial charge in [-0.25, -0.2) is 0 Å². The van der Waals surface area contributed by atoms with E-state index in [1.807, 2.05) is 12.1 Å². The van der Waals surface area contributed by atoms with Crippen LogP contribution < -0.4 is 14.8 Å². The quantitative estimate of drug-likeness (QED) is 0.818. The van der Waals surface area contributed by atoms with Crippen molar-refractivity contribution in [3.05, 3.63) is 59.2 Å². The van der Waals surface area contributed by atoms with Crippen LogP contribution in [0.5, 0.6) is 11.5 Å². The normalized spacial score (nSPS) is 15.7. The Morgan fingerprint density at radius 3 is 2.69 bits per heavy atom. The summed E-state index contributed by atoms with van der Waals surface area (Å²) in [6.07, 6.45) is 3.35. The highest BCUT2D eigenvalue weighted by molar-refractivity contribution is 5.94. The number of methoxy groups -OCH3 is 1. The zero-order valence-corrected chi connectivity index (χ0v) is 16.6. The highest BCUT2D eigenvalue weighted by Crippen LogP contribution is 2.26. The number of aryl methyl sites for hydroxylation is 1. The van der Waals surface area contributed by atoms with Gasteiger partial charge in [0.2, 0.25) is 5.91 Å². The van der Waals surface area contributed by atoms with Crippen LogP contribution in [0.3, 0.4) is 0 Å². The van der Waals surface area contributed by atoms with Crippen LogP contribution in [0, 0.1) is 0 Å². The highest BCUT2D eigenvalue weighted by atomic mass is 16.5. The molecule has 0 aromatic heterocycles. The summed E-state index contributed by atoms with van der Waals surface area (Å²) in [5, 5.41) is 3.02. The molecule has 2 amide bonds. The fourth-order valence-corrected chi connectivity index (χ4v) is 3.48. The number of amides is 2. The van der Waals surface area contributed by atoms with Gasteiger partial charge in [-0.1, -0.05) is 12.1 Å². The van der Waals surface area contributed by atoms with E-state index in [2.05, 4.69) is 11.4 Å². The number of nitrogens with one attached hydrogen (secondary N) is 1. The smallest absolute Gasteiger partial charge is 0.254 e. The predicted octanol–water partition coefficient (Wildman–Crippen LogP) is 2.94. The Bertz CT molecular complexity index is 890. The van der Waals surface area contributed by atoms with E-state index in [4.69, 9.17) is 9.47 Å². The summed E-state index contributed by atoms with van der Waals surface area (Å²) in [4.78, 5) is 26.7. The Morgan fingerprint density at radius 2 is 1.97 bits per heavy atom. The SMILES string of the molecule is COc1ccc(C(=O)N2CCOc3ccc(CCC(=O)NC4CC4)cc3C2)cc1. The third-order valence-corrected chi connectivity index (χ3v) is 5.31. The van der Waals surface area contributed by atoms with Crippen LogP contribution in [0.4, 0.5) is 0 Å². The van der Waals surface area contributed by atoms with Crippen LogP contribution in [0.25, 0.3) is 0 Å². The van der Waals surface area contributed by atoms with Crippen LogP contribution in [-0.4, -0.2) is 43.0 Å². The summed E-state index contributed by atoms with van der Waals surface area (Å²) in [5.41, 5.74) is 2.68. The van der Waals surface area contributed by atoms with Crippen LogP contribution in [0.2, 0.25) is 0 Å². The minimum absolute atomic E-state index is 0.0293. The number of carbonyl (C=O) groups is 2. The molecule has 152 valence electrons. The van der Waals surface area contributed by atoms with E-state index in [0.717, 1.165) is 35.5 Å². The number of hydrogen-bond donors (Lipinski definition) is 1. The lowest BCUT2D eigenvalue weighted by atomic mass is 10.0.